The van der Waals surface area contributed by atoms with Crippen LogP contribution in [0.5, 0.6) is 0 Å². The average Bonchev–Trinajstić information content (AvgIpc) is 2.76. The fourth-order valence-corrected chi connectivity index (χ4v) is 3.09. The molecule has 2 rings (SSSR count). The minimum atomic E-state index is -0.951. The number of nitrogens with zero attached hydrogens (tertiary/aromatic N) is 1. The van der Waals surface area contributed by atoms with Gasteiger partial charge in [-0.2, -0.15) is 0 Å². The lowest BCUT2D eigenvalue weighted by molar-refractivity contribution is -0.147. The quantitative estimate of drug-likeness (QED) is 0.797. The van der Waals surface area contributed by atoms with Gasteiger partial charge in [-0.15, -0.1) is 0 Å². The van der Waals surface area contributed by atoms with Gasteiger partial charge >= 0.3 is 0 Å². The topological polar surface area (TPSA) is 37.4 Å². The van der Waals surface area contributed by atoms with Gasteiger partial charge in [-0.05, 0) is 24.6 Å². The van der Waals surface area contributed by atoms with Crippen molar-refractivity contribution in [3.05, 3.63) is 48.7 Å². The van der Waals surface area contributed by atoms with E-state index in [1.54, 1.807) is 4.90 Å². The van der Waals surface area contributed by atoms with Gasteiger partial charge in [0.1, 0.15) is 5.41 Å². The van der Waals surface area contributed by atoms with Crippen molar-refractivity contribution in [1.82, 2.24) is 4.90 Å². The van der Waals surface area contributed by atoms with Crippen LogP contribution in [0.15, 0.2) is 43.1 Å². The van der Waals surface area contributed by atoms with Crippen LogP contribution in [-0.4, -0.2) is 23.1 Å². The van der Waals surface area contributed by atoms with Gasteiger partial charge in [-0.3, -0.25) is 9.59 Å². The van der Waals surface area contributed by atoms with E-state index in [-0.39, 0.29) is 11.7 Å². The first-order valence-corrected chi connectivity index (χ1v) is 7.34. The molecule has 1 aliphatic rings. The standard InChI is InChI=1S/C18H23NO2/c1-5-19-12-11-18(16(19)21,15(20)17(2,3)4)13-14-9-7-6-8-10-14/h5-10H,1,11-13H2,2-4H3. The second kappa shape index (κ2) is 5.47. The maximum absolute atomic E-state index is 13.0. The number of likely N-dealkylation sites (tertiary alicyclic amines) is 1. The smallest absolute Gasteiger partial charge is 0.240 e. The molecule has 3 heteroatoms. The molecule has 21 heavy (non-hydrogen) atoms. The largest absolute Gasteiger partial charge is 0.319 e. The van der Waals surface area contributed by atoms with Gasteiger partial charge in [-0.25, -0.2) is 0 Å². The van der Waals surface area contributed by atoms with E-state index in [0.29, 0.717) is 19.4 Å². The van der Waals surface area contributed by atoms with Crippen molar-refractivity contribution in [2.24, 2.45) is 10.8 Å². The van der Waals surface area contributed by atoms with Crippen molar-refractivity contribution < 1.29 is 9.59 Å². The van der Waals surface area contributed by atoms with E-state index in [1.807, 2.05) is 51.1 Å². The minimum Gasteiger partial charge on any atom is -0.319 e. The summed E-state index contributed by atoms with van der Waals surface area (Å²) in [6.45, 7) is 9.89. The number of carbonyl (C=O) groups excluding carboxylic acids is 2. The summed E-state index contributed by atoms with van der Waals surface area (Å²) in [5, 5.41) is 0. The van der Waals surface area contributed by atoms with Crippen LogP contribution in [0.2, 0.25) is 0 Å². The lowest BCUT2D eigenvalue weighted by atomic mass is 9.68. The van der Waals surface area contributed by atoms with Gasteiger partial charge in [0.2, 0.25) is 5.91 Å². The van der Waals surface area contributed by atoms with Crippen LogP contribution in [0.1, 0.15) is 32.8 Å². The first kappa shape index (κ1) is 15.5. The summed E-state index contributed by atoms with van der Waals surface area (Å²) in [5.74, 6) is -0.0884. The van der Waals surface area contributed by atoms with Crippen LogP contribution in [0, 0.1) is 10.8 Å². The number of benzene rings is 1. The SMILES string of the molecule is C=CN1CCC(Cc2ccccc2)(C(=O)C(C)(C)C)C1=O. The number of Topliss-reactive ketones (excluding diaryl/α,β-unsaturated/α-hetero) is 1. The van der Waals surface area contributed by atoms with E-state index < -0.39 is 10.8 Å². The molecule has 0 saturated carbocycles. The number of hydrogen-bond donors (Lipinski definition) is 0. The fraction of sp³-hybridized carbons (Fsp3) is 0.444. The molecule has 112 valence electrons. The molecule has 0 bridgehead atoms. The zero-order valence-corrected chi connectivity index (χ0v) is 13.1. The molecule has 1 amide bonds. The molecule has 0 aliphatic carbocycles. The summed E-state index contributed by atoms with van der Waals surface area (Å²) in [4.78, 5) is 27.3. The van der Waals surface area contributed by atoms with Gasteiger partial charge < -0.3 is 4.90 Å². The van der Waals surface area contributed by atoms with E-state index in [9.17, 15) is 9.59 Å². The van der Waals surface area contributed by atoms with Gasteiger partial charge in [0.15, 0.2) is 5.78 Å². The fourth-order valence-electron chi connectivity index (χ4n) is 3.09. The highest BCUT2D eigenvalue weighted by Crippen LogP contribution is 2.41. The summed E-state index contributed by atoms with van der Waals surface area (Å²) in [7, 11) is 0. The van der Waals surface area contributed by atoms with E-state index in [0.717, 1.165) is 5.56 Å². The van der Waals surface area contributed by atoms with Crippen LogP contribution in [0.3, 0.4) is 0 Å². The van der Waals surface area contributed by atoms with Gasteiger partial charge in [0.05, 0.1) is 0 Å². The highest BCUT2D eigenvalue weighted by Gasteiger charge is 2.54. The Morgan fingerprint density at radius 1 is 1.33 bits per heavy atom. The van der Waals surface area contributed by atoms with Gasteiger partial charge in [-0.1, -0.05) is 57.7 Å². The minimum absolute atomic E-state index is 0.0215. The summed E-state index contributed by atoms with van der Waals surface area (Å²) in [5.41, 5.74) is -0.468. The summed E-state index contributed by atoms with van der Waals surface area (Å²) in [6, 6.07) is 9.77. The molecule has 1 fully saturated rings. The van der Waals surface area contributed by atoms with E-state index >= 15 is 0 Å². The molecule has 1 aromatic carbocycles. The predicted octanol–water partition coefficient (Wildman–Crippen LogP) is 3.21. The summed E-state index contributed by atoms with van der Waals surface area (Å²) in [6.07, 6.45) is 2.56. The van der Waals surface area contributed by atoms with Crippen molar-refractivity contribution in [3.63, 3.8) is 0 Å². The van der Waals surface area contributed by atoms with E-state index in [1.165, 1.54) is 6.20 Å². The van der Waals surface area contributed by atoms with Crippen LogP contribution in [0.4, 0.5) is 0 Å². The van der Waals surface area contributed by atoms with Crippen LogP contribution >= 0.6 is 0 Å². The Balaban J connectivity index is 2.43. The third-order valence-corrected chi connectivity index (χ3v) is 4.13. The molecule has 1 saturated heterocycles. The third-order valence-electron chi connectivity index (χ3n) is 4.13. The maximum Gasteiger partial charge on any atom is 0.240 e. The predicted molar refractivity (Wildman–Crippen MR) is 83.6 cm³/mol. The number of amides is 1. The molecule has 3 nitrogen and oxygen atoms in total. The van der Waals surface area contributed by atoms with E-state index in [4.69, 9.17) is 0 Å². The third kappa shape index (κ3) is 2.78. The van der Waals surface area contributed by atoms with Crippen LogP contribution in [0.25, 0.3) is 0 Å². The second-order valence-electron chi connectivity index (χ2n) is 6.75. The maximum atomic E-state index is 13.0. The highest BCUT2D eigenvalue weighted by atomic mass is 16.2. The van der Waals surface area contributed by atoms with E-state index in [2.05, 4.69) is 6.58 Å². The Labute approximate surface area is 126 Å². The first-order chi connectivity index (χ1) is 9.81. The monoisotopic (exact) mass is 285 g/mol. The zero-order chi connectivity index (χ0) is 15.7. The Hall–Kier alpha value is -1.90. The molecular weight excluding hydrogens is 262 g/mol. The number of carbonyl (C=O) groups is 2. The molecule has 1 atom stereocenters. The Morgan fingerprint density at radius 3 is 2.43 bits per heavy atom. The van der Waals surface area contributed by atoms with Crippen molar-refractivity contribution >= 4 is 11.7 Å². The van der Waals surface area contributed by atoms with Crippen molar-refractivity contribution in [2.75, 3.05) is 6.54 Å². The molecular formula is C18H23NO2. The summed E-state index contributed by atoms with van der Waals surface area (Å²) >= 11 is 0. The van der Waals surface area contributed by atoms with Crippen molar-refractivity contribution in [1.29, 1.82) is 0 Å². The van der Waals surface area contributed by atoms with Crippen LogP contribution < -0.4 is 0 Å². The molecule has 1 heterocycles. The molecule has 0 N–H and O–H groups in total. The van der Waals surface area contributed by atoms with Crippen molar-refractivity contribution in [2.45, 2.75) is 33.6 Å². The molecule has 1 unspecified atom stereocenters. The zero-order valence-electron chi connectivity index (χ0n) is 13.1. The number of ketones is 1. The molecule has 1 aliphatic heterocycles. The van der Waals surface area contributed by atoms with Crippen molar-refractivity contribution in [3.8, 4) is 0 Å². The number of hydrogen-bond acceptors (Lipinski definition) is 2. The van der Waals surface area contributed by atoms with Gasteiger partial charge in [0.25, 0.3) is 0 Å². The average molecular weight is 285 g/mol. The number of rotatable bonds is 4. The first-order valence-electron chi connectivity index (χ1n) is 7.34. The normalized spacial score (nSPS) is 22.4. The molecule has 0 aromatic heterocycles. The molecule has 0 radical (unpaired) electrons. The lowest BCUT2D eigenvalue weighted by Gasteiger charge is -2.32. The Morgan fingerprint density at radius 2 is 1.95 bits per heavy atom. The Bertz CT molecular complexity index is 556. The summed E-state index contributed by atoms with van der Waals surface area (Å²) < 4.78 is 0. The molecule has 1 aromatic rings. The molecule has 0 spiro atoms. The lowest BCUT2D eigenvalue weighted by Crippen LogP contribution is -2.46. The Kier molecular flexibility index (Phi) is 4.04. The highest BCUT2D eigenvalue weighted by molar-refractivity contribution is 6.09. The second-order valence-corrected chi connectivity index (χ2v) is 6.75. The van der Waals surface area contributed by atoms with Crippen LogP contribution in [-0.2, 0) is 16.0 Å². The van der Waals surface area contributed by atoms with Gasteiger partial charge in [0, 0.05) is 12.0 Å².